The summed E-state index contributed by atoms with van der Waals surface area (Å²) in [4.78, 5) is 14.5. The van der Waals surface area contributed by atoms with E-state index >= 15 is 0 Å². The first-order valence-corrected chi connectivity index (χ1v) is 6.94. The smallest absolute Gasteiger partial charge is 0.226 e. The van der Waals surface area contributed by atoms with Gasteiger partial charge in [0.25, 0.3) is 0 Å². The number of amides is 1. The Labute approximate surface area is 99.4 Å². The average molecular weight is 223 g/mol. The molecule has 1 saturated heterocycles. The summed E-state index contributed by atoms with van der Waals surface area (Å²) < 4.78 is 0. The molecule has 0 aromatic carbocycles. The highest BCUT2D eigenvalue weighted by molar-refractivity contribution is 5.80. The van der Waals surface area contributed by atoms with Crippen LogP contribution in [0, 0.1) is 23.7 Å². The van der Waals surface area contributed by atoms with Crippen LogP contribution >= 0.6 is 0 Å². The van der Waals surface area contributed by atoms with Gasteiger partial charge < -0.3 is 4.90 Å². The first-order chi connectivity index (χ1) is 7.65. The molecule has 0 spiro atoms. The van der Waals surface area contributed by atoms with Crippen LogP contribution in [-0.2, 0) is 4.79 Å². The van der Waals surface area contributed by atoms with Crippen LogP contribution in [0.1, 0.15) is 46.5 Å². The fraction of sp³-hybridized carbons (Fsp3) is 0.929. The van der Waals surface area contributed by atoms with Crippen LogP contribution in [-0.4, -0.2) is 23.9 Å². The standard InChI is InChI=1S/C14H25NO/c1-4-5-8-15-9-11(3)12-7-6-10(2)13(12)14(15)16/h10-13H,4-9H2,1-3H3/t10-,11?,12+,13+/m0/s1. The molecule has 2 aliphatic rings. The Hall–Kier alpha value is -0.530. The molecule has 1 saturated carbocycles. The van der Waals surface area contributed by atoms with Gasteiger partial charge in [-0.2, -0.15) is 0 Å². The van der Waals surface area contributed by atoms with Crippen molar-refractivity contribution in [3.05, 3.63) is 0 Å². The lowest BCUT2D eigenvalue weighted by Gasteiger charge is -2.40. The molecule has 2 fully saturated rings. The summed E-state index contributed by atoms with van der Waals surface area (Å²) in [6.45, 7) is 8.78. The molecule has 1 amide bonds. The van der Waals surface area contributed by atoms with Gasteiger partial charge in [0.05, 0.1) is 0 Å². The molecule has 2 nitrogen and oxygen atoms in total. The van der Waals surface area contributed by atoms with Crippen molar-refractivity contribution in [2.45, 2.75) is 46.5 Å². The van der Waals surface area contributed by atoms with Crippen molar-refractivity contribution in [2.24, 2.45) is 23.7 Å². The molecule has 2 rings (SSSR count). The van der Waals surface area contributed by atoms with Gasteiger partial charge in [-0.15, -0.1) is 0 Å². The highest BCUT2D eigenvalue weighted by atomic mass is 16.2. The lowest BCUT2D eigenvalue weighted by Crippen LogP contribution is -2.49. The van der Waals surface area contributed by atoms with E-state index in [2.05, 4.69) is 25.7 Å². The van der Waals surface area contributed by atoms with Gasteiger partial charge in [0, 0.05) is 19.0 Å². The molecular weight excluding hydrogens is 198 g/mol. The second kappa shape index (κ2) is 4.77. The number of likely N-dealkylation sites (tertiary alicyclic amines) is 1. The first-order valence-electron chi connectivity index (χ1n) is 6.94. The quantitative estimate of drug-likeness (QED) is 0.720. The maximum Gasteiger partial charge on any atom is 0.226 e. The lowest BCUT2D eigenvalue weighted by atomic mass is 9.78. The molecule has 0 aromatic rings. The maximum atomic E-state index is 12.4. The highest BCUT2D eigenvalue weighted by Gasteiger charge is 2.46. The van der Waals surface area contributed by atoms with Gasteiger partial charge in [-0.1, -0.05) is 27.2 Å². The number of hydrogen-bond acceptors (Lipinski definition) is 1. The van der Waals surface area contributed by atoms with Crippen LogP contribution < -0.4 is 0 Å². The zero-order valence-corrected chi connectivity index (χ0v) is 10.9. The number of piperidine rings is 1. The normalized spacial score (nSPS) is 38.9. The Morgan fingerprint density at radius 3 is 2.69 bits per heavy atom. The Morgan fingerprint density at radius 1 is 1.25 bits per heavy atom. The van der Waals surface area contributed by atoms with Gasteiger partial charge in [-0.05, 0) is 37.0 Å². The summed E-state index contributed by atoms with van der Waals surface area (Å²) in [6, 6.07) is 0. The van der Waals surface area contributed by atoms with Crippen molar-refractivity contribution >= 4 is 5.91 Å². The third kappa shape index (κ3) is 1.99. The van der Waals surface area contributed by atoms with Gasteiger partial charge in [0.15, 0.2) is 0 Å². The van der Waals surface area contributed by atoms with E-state index in [1.165, 1.54) is 19.3 Å². The summed E-state index contributed by atoms with van der Waals surface area (Å²) >= 11 is 0. The van der Waals surface area contributed by atoms with Crippen molar-refractivity contribution in [3.8, 4) is 0 Å². The maximum absolute atomic E-state index is 12.4. The van der Waals surface area contributed by atoms with E-state index in [9.17, 15) is 4.79 Å². The number of fused-ring (bicyclic) bond motifs is 1. The lowest BCUT2D eigenvalue weighted by molar-refractivity contribution is -0.144. The van der Waals surface area contributed by atoms with Gasteiger partial charge in [-0.25, -0.2) is 0 Å². The minimum absolute atomic E-state index is 0.348. The van der Waals surface area contributed by atoms with Crippen LogP contribution in [0.15, 0.2) is 0 Å². The van der Waals surface area contributed by atoms with Crippen LogP contribution in [0.2, 0.25) is 0 Å². The van der Waals surface area contributed by atoms with Crippen molar-refractivity contribution in [1.82, 2.24) is 4.90 Å². The first kappa shape index (κ1) is 11.9. The van der Waals surface area contributed by atoms with Gasteiger partial charge in [0.1, 0.15) is 0 Å². The monoisotopic (exact) mass is 223 g/mol. The topological polar surface area (TPSA) is 20.3 Å². The molecule has 4 atom stereocenters. The number of carbonyl (C=O) groups is 1. The molecule has 0 bridgehead atoms. The van der Waals surface area contributed by atoms with Crippen LogP contribution in [0.25, 0.3) is 0 Å². The SMILES string of the molecule is CCCCN1CC(C)[C@H]2CC[C@H](C)[C@H]2C1=O. The van der Waals surface area contributed by atoms with E-state index in [1.807, 2.05) is 0 Å². The Kier molecular flexibility index (Phi) is 3.56. The zero-order chi connectivity index (χ0) is 11.7. The molecular formula is C14H25NO. The van der Waals surface area contributed by atoms with Gasteiger partial charge >= 0.3 is 0 Å². The van der Waals surface area contributed by atoms with E-state index in [-0.39, 0.29) is 0 Å². The molecule has 92 valence electrons. The highest BCUT2D eigenvalue weighted by Crippen LogP contribution is 2.45. The van der Waals surface area contributed by atoms with Crippen molar-refractivity contribution in [3.63, 3.8) is 0 Å². The fourth-order valence-electron chi connectivity index (χ4n) is 3.64. The van der Waals surface area contributed by atoms with Crippen LogP contribution in [0.5, 0.6) is 0 Å². The predicted octanol–water partition coefficient (Wildman–Crippen LogP) is 2.93. The zero-order valence-electron chi connectivity index (χ0n) is 10.9. The van der Waals surface area contributed by atoms with Crippen LogP contribution in [0.4, 0.5) is 0 Å². The molecule has 1 unspecified atom stereocenters. The van der Waals surface area contributed by atoms with Crippen molar-refractivity contribution in [1.29, 1.82) is 0 Å². The molecule has 0 N–H and O–H groups in total. The fourth-order valence-corrected chi connectivity index (χ4v) is 3.64. The third-order valence-electron chi connectivity index (χ3n) is 4.65. The molecule has 0 radical (unpaired) electrons. The number of rotatable bonds is 3. The predicted molar refractivity (Wildman–Crippen MR) is 66.0 cm³/mol. The molecule has 16 heavy (non-hydrogen) atoms. The van der Waals surface area contributed by atoms with E-state index in [1.54, 1.807) is 0 Å². The molecule has 1 aliphatic heterocycles. The molecule has 2 heteroatoms. The summed E-state index contributed by atoms with van der Waals surface area (Å²) in [7, 11) is 0. The Balaban J connectivity index is 2.06. The summed E-state index contributed by atoms with van der Waals surface area (Å²) in [5.41, 5.74) is 0. The Bertz CT molecular complexity index is 263. The molecule has 0 aromatic heterocycles. The molecule has 1 aliphatic carbocycles. The van der Waals surface area contributed by atoms with Crippen LogP contribution in [0.3, 0.4) is 0 Å². The van der Waals surface area contributed by atoms with E-state index in [0.29, 0.717) is 29.6 Å². The van der Waals surface area contributed by atoms with E-state index in [4.69, 9.17) is 0 Å². The third-order valence-corrected chi connectivity index (χ3v) is 4.65. The number of carbonyl (C=O) groups excluding carboxylic acids is 1. The van der Waals surface area contributed by atoms with Crippen molar-refractivity contribution < 1.29 is 4.79 Å². The van der Waals surface area contributed by atoms with Gasteiger partial charge in [0.2, 0.25) is 5.91 Å². The minimum atomic E-state index is 0.348. The number of unbranched alkanes of at least 4 members (excludes halogenated alkanes) is 1. The second-order valence-electron chi connectivity index (χ2n) is 5.86. The summed E-state index contributed by atoms with van der Waals surface area (Å²) in [5, 5.41) is 0. The number of nitrogens with zero attached hydrogens (tertiary/aromatic N) is 1. The largest absolute Gasteiger partial charge is 0.342 e. The minimum Gasteiger partial charge on any atom is -0.342 e. The van der Waals surface area contributed by atoms with E-state index < -0.39 is 0 Å². The second-order valence-corrected chi connectivity index (χ2v) is 5.86. The van der Waals surface area contributed by atoms with E-state index in [0.717, 1.165) is 19.5 Å². The number of hydrogen-bond donors (Lipinski definition) is 0. The average Bonchev–Trinajstić information content (AvgIpc) is 2.64. The summed E-state index contributed by atoms with van der Waals surface area (Å²) in [6.07, 6.45) is 4.87. The van der Waals surface area contributed by atoms with Gasteiger partial charge in [-0.3, -0.25) is 4.79 Å². The Morgan fingerprint density at radius 2 is 2.00 bits per heavy atom. The molecule has 1 heterocycles. The summed E-state index contributed by atoms with van der Waals surface area (Å²) in [5.74, 6) is 2.82. The van der Waals surface area contributed by atoms with Crippen molar-refractivity contribution in [2.75, 3.05) is 13.1 Å².